The van der Waals surface area contributed by atoms with Gasteiger partial charge >= 0.3 is 0 Å². The fraction of sp³-hybridized carbons (Fsp3) is 0.421. The van der Waals surface area contributed by atoms with Crippen molar-refractivity contribution in [2.45, 2.75) is 32.9 Å². The molecule has 1 aliphatic carbocycles. The molecule has 3 rings (SSSR count). The molecule has 25 heavy (non-hydrogen) atoms. The van der Waals surface area contributed by atoms with Crippen molar-refractivity contribution in [2.24, 2.45) is 10.9 Å². The van der Waals surface area contributed by atoms with Crippen LogP contribution in [0.1, 0.15) is 31.1 Å². The summed E-state index contributed by atoms with van der Waals surface area (Å²) in [6.45, 7) is 4.87. The molecule has 0 spiro atoms. The summed E-state index contributed by atoms with van der Waals surface area (Å²) in [5, 5.41) is 6.53. The molecule has 0 radical (unpaired) electrons. The molecule has 1 fully saturated rings. The molecule has 0 bridgehead atoms. The van der Waals surface area contributed by atoms with Gasteiger partial charge in [-0.2, -0.15) is 0 Å². The minimum Gasteiger partial charge on any atom is -0.493 e. The van der Waals surface area contributed by atoms with E-state index in [0.717, 1.165) is 42.1 Å². The van der Waals surface area contributed by atoms with Crippen molar-refractivity contribution < 1.29 is 9.15 Å². The van der Waals surface area contributed by atoms with Crippen LogP contribution in [0, 0.1) is 5.92 Å². The van der Waals surface area contributed by atoms with Crippen LogP contribution in [0.25, 0.3) is 0 Å². The lowest BCUT2D eigenvalue weighted by molar-refractivity contribution is 0.297. The lowest BCUT2D eigenvalue weighted by atomic mass is 10.2. The number of guanidine groups is 1. The number of aliphatic imine (C=N–C) groups is 1. The highest BCUT2D eigenvalue weighted by molar-refractivity contribution is 14.0. The number of hydrogen-bond acceptors (Lipinski definition) is 3. The van der Waals surface area contributed by atoms with Gasteiger partial charge in [0.1, 0.15) is 11.5 Å². The van der Waals surface area contributed by atoms with Crippen LogP contribution in [0.5, 0.6) is 5.75 Å². The molecule has 2 aromatic rings. The number of ether oxygens (including phenoxy) is 1. The molecule has 0 saturated heterocycles. The van der Waals surface area contributed by atoms with Crippen LogP contribution in [-0.2, 0) is 13.1 Å². The summed E-state index contributed by atoms with van der Waals surface area (Å²) in [5.41, 5.74) is 1.10. The Morgan fingerprint density at radius 1 is 1.20 bits per heavy atom. The average molecular weight is 455 g/mol. The van der Waals surface area contributed by atoms with E-state index in [1.165, 1.54) is 12.8 Å². The Balaban J connectivity index is 0.00000225. The third-order valence-electron chi connectivity index (χ3n) is 3.91. The molecule has 1 saturated carbocycles. The molecule has 1 aromatic carbocycles. The molecular weight excluding hydrogens is 429 g/mol. The highest BCUT2D eigenvalue weighted by Crippen LogP contribution is 2.30. The van der Waals surface area contributed by atoms with Gasteiger partial charge in [-0.15, -0.1) is 24.0 Å². The molecule has 2 N–H and O–H groups in total. The molecule has 1 heterocycles. The van der Waals surface area contributed by atoms with Crippen molar-refractivity contribution in [1.82, 2.24) is 10.6 Å². The molecule has 0 atom stereocenters. The second-order valence-corrected chi connectivity index (χ2v) is 5.99. The second kappa shape index (κ2) is 10.3. The van der Waals surface area contributed by atoms with Gasteiger partial charge < -0.3 is 19.8 Å². The number of rotatable bonds is 8. The van der Waals surface area contributed by atoms with E-state index in [9.17, 15) is 0 Å². The van der Waals surface area contributed by atoms with Gasteiger partial charge in [0.25, 0.3) is 0 Å². The van der Waals surface area contributed by atoms with Crippen LogP contribution in [0.15, 0.2) is 52.1 Å². The summed E-state index contributed by atoms with van der Waals surface area (Å²) in [6.07, 6.45) is 4.26. The standard InChI is InChI=1S/C19H25N3O2.HI/c1-2-20-19(22-13-17-7-5-11-23-17)21-12-16-6-3-4-8-18(16)24-14-15-9-10-15;/h3-8,11,15H,2,9-10,12-14H2,1H3,(H2,20,21,22);1H. The molecule has 1 aromatic heterocycles. The van der Waals surface area contributed by atoms with E-state index >= 15 is 0 Å². The number of nitrogens with one attached hydrogen (secondary N) is 2. The number of furan rings is 1. The molecule has 6 heteroatoms. The van der Waals surface area contributed by atoms with E-state index in [0.29, 0.717) is 13.1 Å². The topological polar surface area (TPSA) is 58.8 Å². The van der Waals surface area contributed by atoms with Crippen molar-refractivity contribution in [3.05, 3.63) is 54.0 Å². The second-order valence-electron chi connectivity index (χ2n) is 5.99. The Morgan fingerprint density at radius 2 is 2.04 bits per heavy atom. The molecule has 0 amide bonds. The zero-order chi connectivity index (χ0) is 16.6. The summed E-state index contributed by atoms with van der Waals surface area (Å²) < 4.78 is 11.3. The first-order valence-electron chi connectivity index (χ1n) is 8.60. The van der Waals surface area contributed by atoms with Crippen molar-refractivity contribution in [3.8, 4) is 5.75 Å². The Kier molecular flexibility index (Phi) is 8.11. The summed E-state index contributed by atoms with van der Waals surface area (Å²) >= 11 is 0. The number of halogens is 1. The van der Waals surface area contributed by atoms with Gasteiger partial charge in [-0.3, -0.25) is 0 Å². The molecule has 1 aliphatic rings. The fourth-order valence-electron chi connectivity index (χ4n) is 2.36. The normalized spacial score (nSPS) is 13.9. The lowest BCUT2D eigenvalue weighted by Crippen LogP contribution is -2.36. The number of benzene rings is 1. The van der Waals surface area contributed by atoms with E-state index in [-0.39, 0.29) is 24.0 Å². The average Bonchev–Trinajstić information content (AvgIpc) is 3.29. The smallest absolute Gasteiger partial charge is 0.191 e. The summed E-state index contributed by atoms with van der Waals surface area (Å²) in [7, 11) is 0. The Morgan fingerprint density at radius 3 is 2.76 bits per heavy atom. The SMILES string of the molecule is CCNC(=NCc1ccccc1OCC1CC1)NCc1ccco1.I. The third kappa shape index (κ3) is 6.61. The first-order chi connectivity index (χ1) is 11.8. The number of hydrogen-bond donors (Lipinski definition) is 2. The van der Waals surface area contributed by atoms with Gasteiger partial charge in [0.15, 0.2) is 5.96 Å². The van der Waals surface area contributed by atoms with Crippen LogP contribution < -0.4 is 15.4 Å². The zero-order valence-electron chi connectivity index (χ0n) is 14.5. The molecule has 5 nitrogen and oxygen atoms in total. The maximum Gasteiger partial charge on any atom is 0.191 e. The van der Waals surface area contributed by atoms with Crippen molar-refractivity contribution in [2.75, 3.05) is 13.2 Å². The van der Waals surface area contributed by atoms with Crippen LogP contribution in [0.4, 0.5) is 0 Å². The zero-order valence-corrected chi connectivity index (χ0v) is 16.9. The van der Waals surface area contributed by atoms with Gasteiger partial charge in [0, 0.05) is 12.1 Å². The van der Waals surface area contributed by atoms with E-state index in [1.54, 1.807) is 6.26 Å². The van der Waals surface area contributed by atoms with E-state index < -0.39 is 0 Å². The third-order valence-corrected chi connectivity index (χ3v) is 3.91. The molecular formula is C19H26IN3O2. The van der Waals surface area contributed by atoms with Crippen molar-refractivity contribution in [1.29, 1.82) is 0 Å². The number of nitrogens with zero attached hydrogens (tertiary/aromatic N) is 1. The molecule has 0 aliphatic heterocycles. The van der Waals surface area contributed by atoms with E-state index in [1.807, 2.05) is 30.3 Å². The van der Waals surface area contributed by atoms with Gasteiger partial charge in [0.2, 0.25) is 0 Å². The highest BCUT2D eigenvalue weighted by Gasteiger charge is 2.22. The van der Waals surface area contributed by atoms with E-state index in [4.69, 9.17) is 9.15 Å². The highest BCUT2D eigenvalue weighted by atomic mass is 127. The fourth-order valence-corrected chi connectivity index (χ4v) is 2.36. The maximum atomic E-state index is 5.95. The Hall–Kier alpha value is -1.70. The quantitative estimate of drug-likeness (QED) is 0.360. The monoisotopic (exact) mass is 455 g/mol. The summed E-state index contributed by atoms with van der Waals surface area (Å²) in [6, 6.07) is 12.0. The van der Waals surface area contributed by atoms with Crippen molar-refractivity contribution in [3.63, 3.8) is 0 Å². The minimum atomic E-state index is 0. The Labute approximate surface area is 166 Å². The molecule has 0 unspecified atom stereocenters. The predicted octanol–water partition coefficient (Wildman–Crippen LogP) is 3.94. The van der Waals surface area contributed by atoms with Gasteiger partial charge in [-0.05, 0) is 43.9 Å². The van der Waals surface area contributed by atoms with Crippen LogP contribution in [0.2, 0.25) is 0 Å². The van der Waals surface area contributed by atoms with Gasteiger partial charge in [0.05, 0.1) is 26.0 Å². The van der Waals surface area contributed by atoms with Crippen LogP contribution in [0.3, 0.4) is 0 Å². The molecule has 136 valence electrons. The van der Waals surface area contributed by atoms with Gasteiger partial charge in [-0.25, -0.2) is 4.99 Å². The van der Waals surface area contributed by atoms with Crippen LogP contribution in [-0.4, -0.2) is 19.1 Å². The largest absolute Gasteiger partial charge is 0.493 e. The van der Waals surface area contributed by atoms with Crippen LogP contribution >= 0.6 is 24.0 Å². The minimum absolute atomic E-state index is 0. The predicted molar refractivity (Wildman–Crippen MR) is 110 cm³/mol. The maximum absolute atomic E-state index is 5.95. The summed E-state index contributed by atoms with van der Waals surface area (Å²) in [4.78, 5) is 4.66. The number of para-hydroxylation sites is 1. The lowest BCUT2D eigenvalue weighted by Gasteiger charge is -2.12. The first kappa shape index (κ1) is 19.6. The van der Waals surface area contributed by atoms with Gasteiger partial charge in [-0.1, -0.05) is 18.2 Å². The first-order valence-corrected chi connectivity index (χ1v) is 8.60. The summed E-state index contributed by atoms with van der Waals surface area (Å²) in [5.74, 6) is 3.34. The Bertz CT molecular complexity index is 654. The van der Waals surface area contributed by atoms with E-state index in [2.05, 4.69) is 28.6 Å². The van der Waals surface area contributed by atoms with Crippen molar-refractivity contribution >= 4 is 29.9 Å².